The smallest absolute Gasteiger partial charge is 0.264 e. The van der Waals surface area contributed by atoms with Crippen LogP contribution in [0, 0.1) is 6.92 Å². The Kier molecular flexibility index (Phi) is 3.68. The fraction of sp³-hybridized carbons (Fsp3) is 0.467. The third kappa shape index (κ3) is 2.39. The summed E-state index contributed by atoms with van der Waals surface area (Å²) in [4.78, 5) is 4.21. The largest absolute Gasteiger partial charge is 0.281 e. The minimum Gasteiger partial charge on any atom is -0.264 e. The van der Waals surface area contributed by atoms with Crippen molar-refractivity contribution >= 4 is 15.7 Å². The molecule has 0 aliphatic heterocycles. The number of hydrogen-bond donors (Lipinski definition) is 0. The Morgan fingerprint density at radius 3 is 2.73 bits per heavy atom. The normalized spacial score (nSPS) is 15.0. The van der Waals surface area contributed by atoms with Crippen molar-refractivity contribution in [2.45, 2.75) is 37.6 Å². The minimum atomic E-state index is -3.66. The van der Waals surface area contributed by atoms with E-state index in [1.54, 1.807) is 31.6 Å². The van der Waals surface area contributed by atoms with Crippen molar-refractivity contribution in [2.75, 3.05) is 10.8 Å². The molecule has 0 N–H and O–H groups in total. The first kappa shape index (κ1) is 15.0. The SMILES string of the molecule is CCN(c1cccnc1C)S(=O)(=O)c1c(C2CC2)cnn1C. The number of hydrogen-bond acceptors (Lipinski definition) is 4. The molecular weight excluding hydrogens is 300 g/mol. The lowest BCUT2D eigenvalue weighted by molar-refractivity contribution is 0.570. The Balaban J connectivity index is 2.12. The van der Waals surface area contributed by atoms with Gasteiger partial charge in [-0.15, -0.1) is 0 Å². The van der Waals surface area contributed by atoms with Gasteiger partial charge in [-0.1, -0.05) is 0 Å². The van der Waals surface area contributed by atoms with E-state index in [4.69, 9.17) is 0 Å². The molecule has 1 aliphatic rings. The minimum absolute atomic E-state index is 0.306. The van der Waals surface area contributed by atoms with Gasteiger partial charge in [0.1, 0.15) is 0 Å². The first-order valence-electron chi connectivity index (χ1n) is 7.43. The van der Waals surface area contributed by atoms with Gasteiger partial charge in [0.15, 0.2) is 5.03 Å². The second kappa shape index (κ2) is 5.39. The molecule has 1 saturated carbocycles. The average Bonchev–Trinajstić information content (AvgIpc) is 3.24. The molecule has 2 heterocycles. The number of rotatable bonds is 5. The summed E-state index contributed by atoms with van der Waals surface area (Å²) in [5, 5.41) is 4.48. The summed E-state index contributed by atoms with van der Waals surface area (Å²) >= 11 is 0. The van der Waals surface area contributed by atoms with Crippen molar-refractivity contribution in [3.05, 3.63) is 35.8 Å². The number of pyridine rings is 1. The molecule has 0 unspecified atom stereocenters. The van der Waals surface area contributed by atoms with E-state index in [9.17, 15) is 8.42 Å². The van der Waals surface area contributed by atoms with E-state index in [-0.39, 0.29) is 0 Å². The first-order valence-corrected chi connectivity index (χ1v) is 8.87. The maximum absolute atomic E-state index is 13.2. The third-order valence-electron chi connectivity index (χ3n) is 4.00. The quantitative estimate of drug-likeness (QED) is 0.847. The summed E-state index contributed by atoms with van der Waals surface area (Å²) in [5.41, 5.74) is 2.15. The van der Waals surface area contributed by atoms with Crippen molar-refractivity contribution in [3.63, 3.8) is 0 Å². The molecule has 3 rings (SSSR count). The van der Waals surface area contributed by atoms with Crippen LogP contribution in [0.4, 0.5) is 5.69 Å². The van der Waals surface area contributed by atoms with Crippen LogP contribution >= 0.6 is 0 Å². The van der Waals surface area contributed by atoms with Crippen molar-refractivity contribution < 1.29 is 8.42 Å². The van der Waals surface area contributed by atoms with Gasteiger partial charge in [-0.05, 0) is 44.7 Å². The van der Waals surface area contributed by atoms with Crippen molar-refractivity contribution in [1.29, 1.82) is 0 Å². The maximum atomic E-state index is 13.2. The molecule has 0 saturated heterocycles. The fourth-order valence-corrected chi connectivity index (χ4v) is 4.65. The zero-order valence-corrected chi connectivity index (χ0v) is 13.8. The Labute approximate surface area is 130 Å². The molecule has 0 amide bonds. The summed E-state index contributed by atoms with van der Waals surface area (Å²) in [5.74, 6) is 0.326. The molecule has 0 bridgehead atoms. The molecule has 0 spiro atoms. The topological polar surface area (TPSA) is 68.1 Å². The molecule has 0 atom stereocenters. The molecule has 7 heteroatoms. The second-order valence-corrected chi connectivity index (χ2v) is 7.36. The molecule has 0 radical (unpaired) electrons. The number of anilines is 1. The monoisotopic (exact) mass is 320 g/mol. The van der Waals surface area contributed by atoms with Crippen LogP contribution in [0.25, 0.3) is 0 Å². The standard InChI is InChI=1S/C15H20N4O2S/c1-4-19(14-6-5-9-16-11(14)2)22(20,21)15-13(12-7-8-12)10-17-18(15)3/h5-6,9-10,12H,4,7-8H2,1-3H3. The highest BCUT2D eigenvalue weighted by atomic mass is 32.2. The van der Waals surface area contributed by atoms with Crippen LogP contribution in [0.15, 0.2) is 29.6 Å². The molecule has 1 aliphatic carbocycles. The van der Waals surface area contributed by atoms with E-state index < -0.39 is 10.0 Å². The van der Waals surface area contributed by atoms with Crippen molar-refractivity contribution in [3.8, 4) is 0 Å². The van der Waals surface area contributed by atoms with E-state index in [1.165, 1.54) is 8.99 Å². The van der Waals surface area contributed by atoms with Gasteiger partial charge in [0.2, 0.25) is 0 Å². The van der Waals surface area contributed by atoms with E-state index in [2.05, 4.69) is 10.1 Å². The lowest BCUT2D eigenvalue weighted by Gasteiger charge is -2.24. The summed E-state index contributed by atoms with van der Waals surface area (Å²) in [6.07, 6.45) is 5.42. The maximum Gasteiger partial charge on any atom is 0.281 e. The number of aromatic nitrogens is 3. The summed E-state index contributed by atoms with van der Waals surface area (Å²) in [6, 6.07) is 3.54. The predicted octanol–water partition coefficient (Wildman–Crippen LogP) is 2.22. The average molecular weight is 320 g/mol. The van der Waals surface area contributed by atoms with Gasteiger partial charge in [0, 0.05) is 25.4 Å². The van der Waals surface area contributed by atoms with Gasteiger partial charge in [-0.25, -0.2) is 0 Å². The predicted molar refractivity (Wildman–Crippen MR) is 84.4 cm³/mol. The summed E-state index contributed by atoms with van der Waals surface area (Å²) < 4.78 is 29.3. The number of aryl methyl sites for hydroxylation is 2. The zero-order valence-electron chi connectivity index (χ0n) is 13.0. The molecule has 22 heavy (non-hydrogen) atoms. The second-order valence-electron chi connectivity index (χ2n) is 5.58. The van der Waals surface area contributed by atoms with Gasteiger partial charge < -0.3 is 0 Å². The molecule has 0 aromatic carbocycles. The molecule has 2 aromatic rings. The van der Waals surface area contributed by atoms with Crippen LogP contribution in [0.3, 0.4) is 0 Å². The number of nitrogens with zero attached hydrogens (tertiary/aromatic N) is 4. The Morgan fingerprint density at radius 2 is 2.14 bits per heavy atom. The van der Waals surface area contributed by atoms with Gasteiger partial charge >= 0.3 is 0 Å². The van der Waals surface area contributed by atoms with Gasteiger partial charge in [0.05, 0.1) is 17.6 Å². The van der Waals surface area contributed by atoms with Gasteiger partial charge in [-0.3, -0.25) is 14.0 Å². The molecule has 2 aromatic heterocycles. The first-order chi connectivity index (χ1) is 10.5. The fourth-order valence-electron chi connectivity index (χ4n) is 2.75. The van der Waals surface area contributed by atoms with Crippen LogP contribution in [0.2, 0.25) is 0 Å². The van der Waals surface area contributed by atoms with E-state index in [0.29, 0.717) is 28.9 Å². The third-order valence-corrected chi connectivity index (χ3v) is 6.02. The Bertz CT molecular complexity index is 794. The lowest BCUT2D eigenvalue weighted by Crippen LogP contribution is -2.33. The Morgan fingerprint density at radius 1 is 1.41 bits per heavy atom. The zero-order chi connectivity index (χ0) is 15.9. The van der Waals surface area contributed by atoms with Crippen LogP contribution in [-0.4, -0.2) is 29.7 Å². The van der Waals surface area contributed by atoms with Gasteiger partial charge in [0.25, 0.3) is 10.0 Å². The summed E-state index contributed by atoms with van der Waals surface area (Å²) in [6.45, 7) is 4.00. The Hall–Kier alpha value is -1.89. The molecule has 1 fully saturated rings. The van der Waals surface area contributed by atoms with E-state index >= 15 is 0 Å². The van der Waals surface area contributed by atoms with Gasteiger partial charge in [-0.2, -0.15) is 13.5 Å². The highest BCUT2D eigenvalue weighted by molar-refractivity contribution is 7.92. The van der Waals surface area contributed by atoms with Crippen LogP contribution in [-0.2, 0) is 17.1 Å². The van der Waals surface area contributed by atoms with Crippen LogP contribution < -0.4 is 4.31 Å². The summed E-state index contributed by atoms with van der Waals surface area (Å²) in [7, 11) is -1.97. The van der Waals surface area contributed by atoms with Crippen LogP contribution in [0.5, 0.6) is 0 Å². The van der Waals surface area contributed by atoms with E-state index in [1.807, 2.05) is 13.8 Å². The van der Waals surface area contributed by atoms with Crippen LogP contribution in [0.1, 0.15) is 36.9 Å². The molecular formula is C15H20N4O2S. The van der Waals surface area contributed by atoms with Crippen molar-refractivity contribution in [2.24, 2.45) is 7.05 Å². The number of sulfonamides is 1. The molecule has 6 nitrogen and oxygen atoms in total. The lowest BCUT2D eigenvalue weighted by atomic mass is 10.2. The van der Waals surface area contributed by atoms with E-state index in [0.717, 1.165) is 18.4 Å². The highest BCUT2D eigenvalue weighted by Gasteiger charge is 2.36. The van der Waals surface area contributed by atoms with Crippen molar-refractivity contribution in [1.82, 2.24) is 14.8 Å². The highest BCUT2D eigenvalue weighted by Crippen LogP contribution is 2.43. The molecule has 118 valence electrons.